The third kappa shape index (κ3) is 4.56. The van der Waals surface area contributed by atoms with Crippen LogP contribution in [-0.4, -0.2) is 27.1 Å². The first-order valence-electron chi connectivity index (χ1n) is 7.22. The van der Waals surface area contributed by atoms with Gasteiger partial charge in [0.05, 0.1) is 6.54 Å². The van der Waals surface area contributed by atoms with E-state index in [4.69, 9.17) is 0 Å². The molecule has 2 aromatic rings. The summed E-state index contributed by atoms with van der Waals surface area (Å²) in [6, 6.07) is 4.18. The zero-order valence-electron chi connectivity index (χ0n) is 13.6. The number of nitrogens with one attached hydrogen (secondary N) is 1. The maximum absolute atomic E-state index is 4.54. The van der Waals surface area contributed by atoms with Crippen LogP contribution in [0.4, 0.5) is 5.82 Å². The third-order valence-electron chi connectivity index (χ3n) is 3.32. The Morgan fingerprint density at radius 2 is 2.00 bits per heavy atom. The van der Waals surface area contributed by atoms with Gasteiger partial charge in [0.15, 0.2) is 0 Å². The third-order valence-corrected chi connectivity index (χ3v) is 3.32. The van der Waals surface area contributed by atoms with E-state index in [1.165, 1.54) is 5.56 Å². The van der Waals surface area contributed by atoms with Gasteiger partial charge < -0.3 is 14.8 Å². The van der Waals surface area contributed by atoms with Gasteiger partial charge >= 0.3 is 0 Å². The first kappa shape index (κ1) is 15.5. The van der Waals surface area contributed by atoms with Crippen LogP contribution in [-0.2, 0) is 20.1 Å². The van der Waals surface area contributed by atoms with Crippen LogP contribution in [0.25, 0.3) is 0 Å². The molecule has 0 aliphatic heterocycles. The number of anilines is 1. The van der Waals surface area contributed by atoms with E-state index < -0.39 is 0 Å². The zero-order chi connectivity index (χ0) is 15.5. The summed E-state index contributed by atoms with van der Waals surface area (Å²) in [6.07, 6.45) is 5.71. The first-order chi connectivity index (χ1) is 9.85. The summed E-state index contributed by atoms with van der Waals surface area (Å²) in [5.74, 6) is 1.98. The van der Waals surface area contributed by atoms with Gasteiger partial charge in [0.1, 0.15) is 11.6 Å². The number of pyridine rings is 1. The molecule has 0 saturated heterocycles. The van der Waals surface area contributed by atoms with E-state index in [1.54, 1.807) is 0 Å². The number of aromatic nitrogens is 3. The van der Waals surface area contributed by atoms with Crippen molar-refractivity contribution in [1.82, 2.24) is 19.9 Å². The summed E-state index contributed by atoms with van der Waals surface area (Å²) in [5.41, 5.74) is 1.31. The molecule has 0 amide bonds. The number of hydrogen-bond acceptors (Lipinski definition) is 4. The highest BCUT2D eigenvalue weighted by molar-refractivity contribution is 5.38. The van der Waals surface area contributed by atoms with Gasteiger partial charge in [-0.1, -0.05) is 6.07 Å². The molecule has 1 N–H and O–H groups in total. The molecule has 0 saturated carbocycles. The van der Waals surface area contributed by atoms with Gasteiger partial charge in [-0.2, -0.15) is 0 Å². The SMILES string of the molecule is CN(Cc1nccn1C)c1ccc(CNC(C)(C)C)cn1. The quantitative estimate of drug-likeness (QED) is 0.917. The van der Waals surface area contributed by atoms with Gasteiger partial charge in [0.25, 0.3) is 0 Å². The molecule has 5 heteroatoms. The number of aryl methyl sites for hydroxylation is 1. The average Bonchev–Trinajstić information content (AvgIpc) is 2.82. The highest BCUT2D eigenvalue weighted by Crippen LogP contribution is 2.13. The molecule has 0 bridgehead atoms. The van der Waals surface area contributed by atoms with E-state index >= 15 is 0 Å². The van der Waals surface area contributed by atoms with Crippen LogP contribution in [0.2, 0.25) is 0 Å². The van der Waals surface area contributed by atoms with Gasteiger partial charge in [-0.05, 0) is 32.4 Å². The van der Waals surface area contributed by atoms with Crippen LogP contribution in [0.3, 0.4) is 0 Å². The average molecular weight is 287 g/mol. The standard InChI is InChI=1S/C16H25N5/c1-16(2,3)19-11-13-6-7-14(18-10-13)21(5)12-15-17-8-9-20(15)4/h6-10,19H,11-12H2,1-5H3. The monoisotopic (exact) mass is 287 g/mol. The van der Waals surface area contributed by atoms with E-state index in [9.17, 15) is 0 Å². The largest absolute Gasteiger partial charge is 0.352 e. The Labute approximate surface area is 127 Å². The van der Waals surface area contributed by atoms with Crippen molar-refractivity contribution in [3.8, 4) is 0 Å². The lowest BCUT2D eigenvalue weighted by Crippen LogP contribution is -2.35. The molecule has 114 valence electrons. The lowest BCUT2D eigenvalue weighted by Gasteiger charge is -2.21. The minimum Gasteiger partial charge on any atom is -0.352 e. The Hall–Kier alpha value is -1.88. The normalized spacial score (nSPS) is 11.7. The Morgan fingerprint density at radius 3 is 2.52 bits per heavy atom. The summed E-state index contributed by atoms with van der Waals surface area (Å²) < 4.78 is 2.03. The molecule has 0 aliphatic rings. The summed E-state index contributed by atoms with van der Waals surface area (Å²) in [7, 11) is 4.04. The van der Waals surface area contributed by atoms with Crippen molar-refractivity contribution in [3.63, 3.8) is 0 Å². The molecule has 0 fully saturated rings. The van der Waals surface area contributed by atoms with Gasteiger partial charge in [-0.25, -0.2) is 9.97 Å². The molecular weight excluding hydrogens is 262 g/mol. The Balaban J connectivity index is 1.96. The molecule has 21 heavy (non-hydrogen) atoms. The molecule has 2 heterocycles. The smallest absolute Gasteiger partial charge is 0.128 e. The molecule has 2 aromatic heterocycles. The molecular formula is C16H25N5. The minimum atomic E-state index is 0.119. The van der Waals surface area contributed by atoms with E-state index in [2.05, 4.69) is 53.1 Å². The van der Waals surface area contributed by atoms with Crippen LogP contribution in [0, 0.1) is 0 Å². The van der Waals surface area contributed by atoms with Gasteiger partial charge in [0.2, 0.25) is 0 Å². The van der Waals surface area contributed by atoms with Crippen LogP contribution in [0.15, 0.2) is 30.7 Å². The fraction of sp³-hybridized carbons (Fsp3) is 0.500. The van der Waals surface area contributed by atoms with Gasteiger partial charge in [-0.15, -0.1) is 0 Å². The Kier molecular flexibility index (Phi) is 4.63. The molecule has 0 aromatic carbocycles. The maximum Gasteiger partial charge on any atom is 0.128 e. The highest BCUT2D eigenvalue weighted by Gasteiger charge is 2.10. The van der Waals surface area contributed by atoms with Crippen molar-refractivity contribution >= 4 is 5.82 Å². The number of imidazole rings is 1. The van der Waals surface area contributed by atoms with Crippen molar-refractivity contribution in [1.29, 1.82) is 0 Å². The van der Waals surface area contributed by atoms with Crippen molar-refractivity contribution in [3.05, 3.63) is 42.1 Å². The van der Waals surface area contributed by atoms with Crippen molar-refractivity contribution < 1.29 is 0 Å². The summed E-state index contributed by atoms with van der Waals surface area (Å²) in [6.45, 7) is 8.07. The number of hydrogen-bond donors (Lipinski definition) is 1. The molecule has 0 unspecified atom stereocenters. The van der Waals surface area contributed by atoms with Crippen molar-refractivity contribution in [2.24, 2.45) is 7.05 Å². The summed E-state index contributed by atoms with van der Waals surface area (Å²) in [5, 5.41) is 3.46. The van der Waals surface area contributed by atoms with Gasteiger partial charge in [0, 0.05) is 44.8 Å². The Bertz CT molecular complexity index is 565. The van der Waals surface area contributed by atoms with Gasteiger partial charge in [-0.3, -0.25) is 0 Å². The highest BCUT2D eigenvalue weighted by atomic mass is 15.2. The lowest BCUT2D eigenvalue weighted by molar-refractivity contribution is 0.424. The van der Waals surface area contributed by atoms with Crippen LogP contribution >= 0.6 is 0 Å². The fourth-order valence-corrected chi connectivity index (χ4v) is 1.96. The van der Waals surface area contributed by atoms with Crippen LogP contribution < -0.4 is 10.2 Å². The predicted molar refractivity (Wildman–Crippen MR) is 86.1 cm³/mol. The zero-order valence-corrected chi connectivity index (χ0v) is 13.6. The maximum atomic E-state index is 4.54. The van der Waals surface area contributed by atoms with E-state index in [1.807, 2.05) is 37.3 Å². The second-order valence-corrected chi connectivity index (χ2v) is 6.44. The second kappa shape index (κ2) is 6.26. The fourth-order valence-electron chi connectivity index (χ4n) is 1.96. The molecule has 0 radical (unpaired) electrons. The minimum absolute atomic E-state index is 0.119. The molecule has 0 atom stereocenters. The Morgan fingerprint density at radius 1 is 1.24 bits per heavy atom. The molecule has 5 nitrogen and oxygen atoms in total. The summed E-state index contributed by atoms with van der Waals surface area (Å²) in [4.78, 5) is 11.0. The van der Waals surface area contributed by atoms with Crippen molar-refractivity contribution in [2.75, 3.05) is 11.9 Å². The first-order valence-corrected chi connectivity index (χ1v) is 7.22. The second-order valence-electron chi connectivity index (χ2n) is 6.44. The van der Waals surface area contributed by atoms with Crippen molar-refractivity contribution in [2.45, 2.75) is 39.4 Å². The summed E-state index contributed by atoms with van der Waals surface area (Å²) >= 11 is 0. The van der Waals surface area contributed by atoms with Crippen LogP contribution in [0.1, 0.15) is 32.2 Å². The lowest BCUT2D eigenvalue weighted by atomic mass is 10.1. The topological polar surface area (TPSA) is 46.0 Å². The van der Waals surface area contributed by atoms with Crippen LogP contribution in [0.5, 0.6) is 0 Å². The molecule has 2 rings (SSSR count). The molecule has 0 spiro atoms. The van der Waals surface area contributed by atoms with E-state index in [-0.39, 0.29) is 5.54 Å². The van der Waals surface area contributed by atoms with E-state index in [0.29, 0.717) is 0 Å². The number of nitrogens with zero attached hydrogens (tertiary/aromatic N) is 4. The van der Waals surface area contributed by atoms with E-state index in [0.717, 1.165) is 24.7 Å². The predicted octanol–water partition coefficient (Wildman–Crippen LogP) is 2.34. The molecule has 0 aliphatic carbocycles. The number of rotatable bonds is 5.